The lowest BCUT2D eigenvalue weighted by Gasteiger charge is -2.19. The molecule has 0 aromatic carbocycles. The first-order valence-electron chi connectivity index (χ1n) is 7.61. The van der Waals surface area contributed by atoms with E-state index in [1.165, 1.54) is 5.56 Å². The van der Waals surface area contributed by atoms with Gasteiger partial charge in [0, 0.05) is 51.5 Å². The molecule has 0 N–H and O–H groups in total. The van der Waals surface area contributed by atoms with E-state index in [1.807, 2.05) is 38.0 Å². The monoisotopic (exact) mass is 301 g/mol. The Morgan fingerprint density at radius 3 is 2.77 bits per heavy atom. The minimum absolute atomic E-state index is 0.412. The number of ether oxygens (including phenoxy) is 1. The summed E-state index contributed by atoms with van der Waals surface area (Å²) < 4.78 is 7.29. The Labute approximate surface area is 131 Å². The largest absolute Gasteiger partial charge is 0.384 e. The second-order valence-electron chi connectivity index (χ2n) is 6.09. The number of nitrogens with zero attached hydrogens (tertiary/aromatic N) is 5. The Morgan fingerprint density at radius 2 is 2.09 bits per heavy atom. The van der Waals surface area contributed by atoms with Crippen LogP contribution in [-0.2, 0) is 11.8 Å². The van der Waals surface area contributed by atoms with Crippen LogP contribution in [0.3, 0.4) is 0 Å². The first-order valence-corrected chi connectivity index (χ1v) is 7.61. The molecule has 1 saturated heterocycles. The summed E-state index contributed by atoms with van der Waals surface area (Å²) in [6, 6.07) is 0. The minimum Gasteiger partial charge on any atom is -0.384 e. The molecule has 3 rings (SSSR count). The van der Waals surface area contributed by atoms with Crippen LogP contribution in [0.5, 0.6) is 0 Å². The lowest BCUT2D eigenvalue weighted by Crippen LogP contribution is -2.23. The molecule has 3 heterocycles. The summed E-state index contributed by atoms with van der Waals surface area (Å²) in [5.74, 6) is 1.85. The third-order valence-corrected chi connectivity index (χ3v) is 4.33. The Morgan fingerprint density at radius 1 is 1.27 bits per heavy atom. The maximum Gasteiger partial charge on any atom is 0.150 e. The van der Waals surface area contributed by atoms with Crippen molar-refractivity contribution >= 4 is 5.82 Å². The summed E-state index contributed by atoms with van der Waals surface area (Å²) in [4.78, 5) is 11.5. The first kappa shape index (κ1) is 15.0. The van der Waals surface area contributed by atoms with Crippen LogP contribution in [0.25, 0.3) is 0 Å². The standard InChI is InChI=1S/C16H23N5O/c1-11-5-17-12(2)16(19-11)21-8-14(10-22-4)15(9-21)13-6-18-20(3)7-13/h5-7,14-15H,8-10H2,1-4H3/t14-,15-/m0/s1. The van der Waals surface area contributed by atoms with Crippen LogP contribution >= 0.6 is 0 Å². The fraction of sp³-hybridized carbons (Fsp3) is 0.562. The molecule has 6 heteroatoms. The third-order valence-electron chi connectivity index (χ3n) is 4.33. The summed E-state index contributed by atoms with van der Waals surface area (Å²) in [5.41, 5.74) is 3.20. The van der Waals surface area contributed by atoms with Gasteiger partial charge < -0.3 is 9.64 Å². The highest BCUT2D eigenvalue weighted by atomic mass is 16.5. The number of anilines is 1. The normalized spacial score (nSPS) is 21.5. The number of aryl methyl sites for hydroxylation is 3. The highest BCUT2D eigenvalue weighted by Crippen LogP contribution is 2.35. The van der Waals surface area contributed by atoms with Crippen molar-refractivity contribution in [3.63, 3.8) is 0 Å². The van der Waals surface area contributed by atoms with Gasteiger partial charge in [-0.25, -0.2) is 4.98 Å². The average molecular weight is 301 g/mol. The summed E-state index contributed by atoms with van der Waals surface area (Å²) in [6.45, 7) is 6.61. The highest BCUT2D eigenvalue weighted by Gasteiger charge is 2.35. The van der Waals surface area contributed by atoms with Gasteiger partial charge in [0.05, 0.1) is 24.2 Å². The second kappa shape index (κ2) is 6.04. The number of rotatable bonds is 4. The molecule has 22 heavy (non-hydrogen) atoms. The molecule has 118 valence electrons. The van der Waals surface area contributed by atoms with Gasteiger partial charge in [-0.15, -0.1) is 0 Å². The fourth-order valence-electron chi connectivity index (χ4n) is 3.26. The summed E-state index contributed by atoms with van der Waals surface area (Å²) in [5, 5.41) is 4.31. The molecule has 1 fully saturated rings. The Bertz CT molecular complexity index is 654. The molecule has 0 amide bonds. The molecular formula is C16H23N5O. The van der Waals surface area contributed by atoms with E-state index in [9.17, 15) is 0 Å². The zero-order chi connectivity index (χ0) is 15.7. The predicted octanol–water partition coefficient (Wildman–Crippen LogP) is 1.69. The Kier molecular flexibility index (Phi) is 4.11. The lowest BCUT2D eigenvalue weighted by atomic mass is 9.92. The number of methoxy groups -OCH3 is 1. The maximum absolute atomic E-state index is 5.43. The first-order chi connectivity index (χ1) is 10.6. The number of hydrogen-bond acceptors (Lipinski definition) is 5. The minimum atomic E-state index is 0.412. The van der Waals surface area contributed by atoms with E-state index < -0.39 is 0 Å². The zero-order valence-corrected chi connectivity index (χ0v) is 13.7. The van der Waals surface area contributed by atoms with Crippen LogP contribution in [0.1, 0.15) is 22.9 Å². The molecule has 0 bridgehead atoms. The van der Waals surface area contributed by atoms with E-state index in [2.05, 4.69) is 26.2 Å². The van der Waals surface area contributed by atoms with Gasteiger partial charge in [-0.05, 0) is 19.4 Å². The van der Waals surface area contributed by atoms with Crippen molar-refractivity contribution in [2.24, 2.45) is 13.0 Å². The van der Waals surface area contributed by atoms with Crippen LogP contribution in [0.4, 0.5) is 5.82 Å². The second-order valence-corrected chi connectivity index (χ2v) is 6.09. The number of aromatic nitrogens is 4. The van der Waals surface area contributed by atoms with Crippen molar-refractivity contribution in [2.45, 2.75) is 19.8 Å². The van der Waals surface area contributed by atoms with E-state index in [0.29, 0.717) is 11.8 Å². The molecular weight excluding hydrogens is 278 g/mol. The van der Waals surface area contributed by atoms with Gasteiger partial charge in [0.25, 0.3) is 0 Å². The van der Waals surface area contributed by atoms with Gasteiger partial charge in [0.15, 0.2) is 0 Å². The van der Waals surface area contributed by atoms with Gasteiger partial charge in [-0.2, -0.15) is 5.10 Å². The summed E-state index contributed by atoms with van der Waals surface area (Å²) >= 11 is 0. The highest BCUT2D eigenvalue weighted by molar-refractivity contribution is 5.46. The Balaban J connectivity index is 1.88. The Hall–Kier alpha value is -1.95. The average Bonchev–Trinajstić information content (AvgIpc) is 3.08. The van der Waals surface area contributed by atoms with E-state index in [-0.39, 0.29) is 0 Å². The molecule has 0 radical (unpaired) electrons. The van der Waals surface area contributed by atoms with Gasteiger partial charge in [-0.1, -0.05) is 0 Å². The van der Waals surface area contributed by atoms with Crippen molar-refractivity contribution in [3.8, 4) is 0 Å². The van der Waals surface area contributed by atoms with Crippen LogP contribution in [0.15, 0.2) is 18.6 Å². The van der Waals surface area contributed by atoms with Crippen LogP contribution in [0.2, 0.25) is 0 Å². The SMILES string of the molecule is COC[C@@H]1CN(c2nc(C)cnc2C)C[C@H]1c1cnn(C)c1. The topological polar surface area (TPSA) is 56.1 Å². The van der Waals surface area contributed by atoms with Gasteiger partial charge in [0.2, 0.25) is 0 Å². The van der Waals surface area contributed by atoms with E-state index >= 15 is 0 Å². The van der Waals surface area contributed by atoms with Crippen molar-refractivity contribution in [1.29, 1.82) is 0 Å². The molecule has 0 spiro atoms. The van der Waals surface area contributed by atoms with Crippen molar-refractivity contribution in [2.75, 3.05) is 31.7 Å². The summed E-state index contributed by atoms with van der Waals surface area (Å²) in [7, 11) is 3.72. The van der Waals surface area contributed by atoms with Crippen molar-refractivity contribution in [3.05, 3.63) is 35.5 Å². The summed E-state index contributed by atoms with van der Waals surface area (Å²) in [6.07, 6.45) is 5.89. The smallest absolute Gasteiger partial charge is 0.150 e. The van der Waals surface area contributed by atoms with Crippen molar-refractivity contribution in [1.82, 2.24) is 19.7 Å². The predicted molar refractivity (Wildman–Crippen MR) is 85.0 cm³/mol. The van der Waals surface area contributed by atoms with Crippen LogP contribution in [0, 0.1) is 19.8 Å². The molecule has 2 atom stereocenters. The van der Waals surface area contributed by atoms with E-state index in [1.54, 1.807) is 7.11 Å². The lowest BCUT2D eigenvalue weighted by molar-refractivity contribution is 0.153. The molecule has 1 aliphatic heterocycles. The zero-order valence-electron chi connectivity index (χ0n) is 13.7. The molecule has 1 aliphatic rings. The molecule has 2 aromatic heterocycles. The van der Waals surface area contributed by atoms with E-state index in [4.69, 9.17) is 4.74 Å². The van der Waals surface area contributed by atoms with Gasteiger partial charge >= 0.3 is 0 Å². The molecule has 0 unspecified atom stereocenters. The molecule has 0 aliphatic carbocycles. The van der Waals surface area contributed by atoms with Crippen molar-refractivity contribution < 1.29 is 4.74 Å². The maximum atomic E-state index is 5.43. The third kappa shape index (κ3) is 2.83. The molecule has 2 aromatic rings. The fourth-order valence-corrected chi connectivity index (χ4v) is 3.26. The molecule has 6 nitrogen and oxygen atoms in total. The quantitative estimate of drug-likeness (QED) is 0.860. The molecule has 0 saturated carbocycles. The van der Waals surface area contributed by atoms with Crippen LogP contribution < -0.4 is 4.90 Å². The van der Waals surface area contributed by atoms with Crippen LogP contribution in [-0.4, -0.2) is 46.6 Å². The van der Waals surface area contributed by atoms with Gasteiger partial charge in [0.1, 0.15) is 5.82 Å². The van der Waals surface area contributed by atoms with Gasteiger partial charge in [-0.3, -0.25) is 9.67 Å². The van der Waals surface area contributed by atoms with E-state index in [0.717, 1.165) is 36.9 Å². The number of hydrogen-bond donors (Lipinski definition) is 0.